The highest BCUT2D eigenvalue weighted by molar-refractivity contribution is 5.90. The first-order valence-electron chi connectivity index (χ1n) is 8.16. The summed E-state index contributed by atoms with van der Waals surface area (Å²) in [4.78, 5) is 26.5. The van der Waals surface area contributed by atoms with Gasteiger partial charge in [-0.25, -0.2) is 0 Å². The van der Waals surface area contributed by atoms with E-state index < -0.39 is 0 Å². The molecule has 0 bridgehead atoms. The summed E-state index contributed by atoms with van der Waals surface area (Å²) in [5.41, 5.74) is 0.259. The van der Waals surface area contributed by atoms with Gasteiger partial charge in [0, 0.05) is 19.5 Å². The molecule has 1 saturated heterocycles. The highest BCUT2D eigenvalue weighted by atomic mass is 16.2. The van der Waals surface area contributed by atoms with Crippen molar-refractivity contribution in [3.8, 4) is 0 Å². The van der Waals surface area contributed by atoms with Crippen molar-refractivity contribution >= 4 is 11.8 Å². The minimum absolute atomic E-state index is 0.0477. The smallest absolute Gasteiger partial charge is 0.245 e. The number of hydrogen-bond donors (Lipinski definition) is 1. The topological polar surface area (TPSA) is 49.4 Å². The van der Waals surface area contributed by atoms with Crippen molar-refractivity contribution in [2.45, 2.75) is 64.3 Å². The lowest BCUT2D eigenvalue weighted by Crippen LogP contribution is -2.49. The molecule has 112 valence electrons. The Bertz CT molecular complexity index is 397. The maximum atomic E-state index is 12.7. The SMILES string of the molecule is CC1(CN2CCC(=O)NC(C3CC3)C2=O)CCCCC1. The van der Waals surface area contributed by atoms with Crippen LogP contribution in [0, 0.1) is 11.3 Å². The van der Waals surface area contributed by atoms with Crippen LogP contribution in [0.3, 0.4) is 0 Å². The number of nitrogens with zero attached hydrogens (tertiary/aromatic N) is 1. The molecule has 4 heteroatoms. The average Bonchev–Trinajstić information content (AvgIpc) is 3.25. The third-order valence-electron chi connectivity index (χ3n) is 5.23. The molecule has 1 N–H and O–H groups in total. The van der Waals surface area contributed by atoms with Crippen LogP contribution in [0.2, 0.25) is 0 Å². The maximum absolute atomic E-state index is 12.7. The van der Waals surface area contributed by atoms with Gasteiger partial charge in [-0.05, 0) is 37.0 Å². The van der Waals surface area contributed by atoms with Crippen LogP contribution in [-0.4, -0.2) is 35.8 Å². The molecule has 1 aliphatic heterocycles. The molecule has 1 unspecified atom stereocenters. The minimum Gasteiger partial charge on any atom is -0.344 e. The normalized spacial score (nSPS) is 30.9. The summed E-state index contributed by atoms with van der Waals surface area (Å²) in [6.45, 7) is 3.75. The first-order valence-corrected chi connectivity index (χ1v) is 8.16. The Morgan fingerprint density at radius 2 is 1.90 bits per heavy atom. The van der Waals surface area contributed by atoms with E-state index in [1.54, 1.807) is 0 Å². The fourth-order valence-corrected chi connectivity index (χ4v) is 3.78. The second-order valence-corrected chi connectivity index (χ2v) is 7.26. The van der Waals surface area contributed by atoms with Gasteiger partial charge in [0.1, 0.15) is 6.04 Å². The standard InChI is InChI=1S/C16H26N2O2/c1-16(8-3-2-4-9-16)11-18-10-7-13(19)17-14(15(18)20)12-5-6-12/h12,14H,2-11H2,1H3,(H,17,19). The van der Waals surface area contributed by atoms with Crippen molar-refractivity contribution in [2.75, 3.05) is 13.1 Å². The van der Waals surface area contributed by atoms with Crippen molar-refractivity contribution in [1.82, 2.24) is 10.2 Å². The molecular formula is C16H26N2O2. The number of carbonyl (C=O) groups is 2. The third kappa shape index (κ3) is 2.99. The first kappa shape index (κ1) is 13.9. The molecule has 2 saturated carbocycles. The van der Waals surface area contributed by atoms with Gasteiger partial charge in [-0.2, -0.15) is 0 Å². The fourth-order valence-electron chi connectivity index (χ4n) is 3.78. The van der Waals surface area contributed by atoms with E-state index in [9.17, 15) is 9.59 Å². The second-order valence-electron chi connectivity index (χ2n) is 7.26. The van der Waals surface area contributed by atoms with Gasteiger partial charge in [0.25, 0.3) is 0 Å². The van der Waals surface area contributed by atoms with Crippen molar-refractivity contribution < 1.29 is 9.59 Å². The van der Waals surface area contributed by atoms with Crippen LogP contribution in [0.4, 0.5) is 0 Å². The van der Waals surface area contributed by atoms with E-state index in [0.717, 1.165) is 19.4 Å². The summed E-state index contributed by atoms with van der Waals surface area (Å²) in [6, 6.07) is -0.239. The van der Waals surface area contributed by atoms with Gasteiger partial charge in [-0.3, -0.25) is 9.59 Å². The van der Waals surface area contributed by atoms with Gasteiger partial charge in [0.05, 0.1) is 0 Å². The van der Waals surface area contributed by atoms with E-state index in [0.29, 0.717) is 18.9 Å². The van der Waals surface area contributed by atoms with Crippen LogP contribution in [0.5, 0.6) is 0 Å². The third-order valence-corrected chi connectivity index (χ3v) is 5.23. The van der Waals surface area contributed by atoms with Crippen molar-refractivity contribution in [3.05, 3.63) is 0 Å². The van der Waals surface area contributed by atoms with Gasteiger partial charge in [-0.15, -0.1) is 0 Å². The molecule has 1 atom stereocenters. The van der Waals surface area contributed by atoms with Crippen LogP contribution in [-0.2, 0) is 9.59 Å². The molecule has 0 radical (unpaired) electrons. The molecule has 0 aromatic carbocycles. The number of carbonyl (C=O) groups excluding carboxylic acids is 2. The number of amides is 2. The second kappa shape index (κ2) is 5.38. The Kier molecular flexibility index (Phi) is 3.74. The van der Waals surface area contributed by atoms with Crippen LogP contribution in [0.15, 0.2) is 0 Å². The Morgan fingerprint density at radius 3 is 2.55 bits per heavy atom. The van der Waals surface area contributed by atoms with Crippen LogP contribution in [0.25, 0.3) is 0 Å². The zero-order valence-electron chi connectivity index (χ0n) is 12.5. The van der Waals surface area contributed by atoms with Gasteiger partial charge < -0.3 is 10.2 Å². The lowest BCUT2D eigenvalue weighted by Gasteiger charge is -2.38. The molecular weight excluding hydrogens is 252 g/mol. The van der Waals surface area contributed by atoms with Crippen LogP contribution >= 0.6 is 0 Å². The van der Waals surface area contributed by atoms with E-state index in [-0.39, 0.29) is 23.3 Å². The molecule has 0 aromatic rings. The molecule has 1 heterocycles. The van der Waals surface area contributed by atoms with Crippen molar-refractivity contribution in [1.29, 1.82) is 0 Å². The average molecular weight is 278 g/mol. The first-order chi connectivity index (χ1) is 9.57. The Morgan fingerprint density at radius 1 is 1.20 bits per heavy atom. The minimum atomic E-state index is -0.239. The molecule has 3 rings (SSSR count). The monoisotopic (exact) mass is 278 g/mol. The van der Waals surface area contributed by atoms with Gasteiger partial charge >= 0.3 is 0 Å². The highest BCUT2D eigenvalue weighted by Crippen LogP contribution is 2.38. The van der Waals surface area contributed by atoms with E-state index in [1.165, 1.54) is 32.1 Å². The molecule has 2 aliphatic carbocycles. The molecule has 2 amide bonds. The Labute approximate surface area is 121 Å². The number of hydrogen-bond acceptors (Lipinski definition) is 2. The quantitative estimate of drug-likeness (QED) is 0.859. The molecule has 4 nitrogen and oxygen atoms in total. The fraction of sp³-hybridized carbons (Fsp3) is 0.875. The number of nitrogens with one attached hydrogen (secondary N) is 1. The molecule has 3 fully saturated rings. The Balaban J connectivity index is 1.70. The van der Waals surface area contributed by atoms with E-state index in [2.05, 4.69) is 12.2 Å². The van der Waals surface area contributed by atoms with E-state index >= 15 is 0 Å². The Hall–Kier alpha value is -1.06. The van der Waals surface area contributed by atoms with Crippen molar-refractivity contribution in [3.63, 3.8) is 0 Å². The number of rotatable bonds is 3. The van der Waals surface area contributed by atoms with Crippen LogP contribution < -0.4 is 5.32 Å². The predicted octanol–water partition coefficient (Wildman–Crippen LogP) is 2.08. The highest BCUT2D eigenvalue weighted by Gasteiger charge is 2.42. The molecule has 0 aromatic heterocycles. The van der Waals surface area contributed by atoms with Gasteiger partial charge in [0.2, 0.25) is 11.8 Å². The summed E-state index contributed by atoms with van der Waals surface area (Å²) in [5, 5.41) is 2.94. The van der Waals surface area contributed by atoms with Gasteiger partial charge in [0.15, 0.2) is 0 Å². The summed E-state index contributed by atoms with van der Waals surface area (Å²) in [5.74, 6) is 0.614. The summed E-state index contributed by atoms with van der Waals surface area (Å²) >= 11 is 0. The molecule has 20 heavy (non-hydrogen) atoms. The lowest BCUT2D eigenvalue weighted by molar-refractivity contribution is -0.135. The maximum Gasteiger partial charge on any atom is 0.245 e. The zero-order chi connectivity index (χ0) is 14.2. The zero-order valence-corrected chi connectivity index (χ0v) is 12.5. The summed E-state index contributed by atoms with van der Waals surface area (Å²) in [6.07, 6.45) is 8.95. The summed E-state index contributed by atoms with van der Waals surface area (Å²) < 4.78 is 0. The van der Waals surface area contributed by atoms with Crippen molar-refractivity contribution in [2.24, 2.45) is 11.3 Å². The van der Waals surface area contributed by atoms with Crippen LogP contribution in [0.1, 0.15) is 58.3 Å². The summed E-state index contributed by atoms with van der Waals surface area (Å²) in [7, 11) is 0. The lowest BCUT2D eigenvalue weighted by atomic mass is 9.75. The van der Waals surface area contributed by atoms with E-state index in [4.69, 9.17) is 0 Å². The van der Waals surface area contributed by atoms with Gasteiger partial charge in [-0.1, -0.05) is 26.2 Å². The molecule has 0 spiro atoms. The predicted molar refractivity (Wildman–Crippen MR) is 77.0 cm³/mol. The molecule has 3 aliphatic rings. The van der Waals surface area contributed by atoms with E-state index in [1.807, 2.05) is 4.90 Å². The largest absolute Gasteiger partial charge is 0.344 e.